The van der Waals surface area contributed by atoms with Gasteiger partial charge in [0.25, 0.3) is 5.91 Å². The highest BCUT2D eigenvalue weighted by atomic mass is 35.5. The molecule has 0 spiro atoms. The van der Waals surface area contributed by atoms with Crippen LogP contribution in [0.25, 0.3) is 10.8 Å². The van der Waals surface area contributed by atoms with E-state index in [1.807, 2.05) is 31.2 Å². The van der Waals surface area contributed by atoms with E-state index in [0.717, 1.165) is 10.8 Å². The van der Waals surface area contributed by atoms with Gasteiger partial charge in [-0.15, -0.1) is 12.3 Å². The largest absolute Gasteiger partial charge is 0.347 e. The fourth-order valence-corrected chi connectivity index (χ4v) is 2.06. The predicted molar refractivity (Wildman–Crippen MR) is 77.1 cm³/mol. The molecule has 19 heavy (non-hydrogen) atoms. The summed E-state index contributed by atoms with van der Waals surface area (Å²) in [7, 11) is 0. The Morgan fingerprint density at radius 2 is 2.26 bits per heavy atom. The summed E-state index contributed by atoms with van der Waals surface area (Å²) in [5.41, 5.74) is 0.299. The minimum absolute atomic E-state index is 0.0930. The molecule has 96 valence electrons. The number of benzene rings is 1. The molecule has 0 saturated heterocycles. The zero-order chi connectivity index (χ0) is 13.8. The molecule has 1 atom stereocenters. The highest BCUT2D eigenvalue weighted by Gasteiger charge is 2.13. The molecular weight excluding hydrogens is 260 g/mol. The lowest BCUT2D eigenvalue weighted by molar-refractivity contribution is 0.0936. The maximum atomic E-state index is 12.0. The number of carbonyl (C=O) groups is 1. The molecule has 1 aromatic heterocycles. The molecule has 0 aliphatic rings. The van der Waals surface area contributed by atoms with Crippen molar-refractivity contribution < 1.29 is 4.79 Å². The average Bonchev–Trinajstić information content (AvgIpc) is 2.39. The molecule has 0 saturated carbocycles. The van der Waals surface area contributed by atoms with Crippen LogP contribution in [0.4, 0.5) is 0 Å². The lowest BCUT2D eigenvalue weighted by Crippen LogP contribution is -2.32. The molecule has 0 bridgehead atoms. The van der Waals surface area contributed by atoms with Crippen molar-refractivity contribution in [3.05, 3.63) is 41.2 Å². The van der Waals surface area contributed by atoms with Crippen molar-refractivity contribution in [2.45, 2.75) is 19.4 Å². The van der Waals surface area contributed by atoms with Crippen molar-refractivity contribution in [2.24, 2.45) is 0 Å². The van der Waals surface area contributed by atoms with Crippen molar-refractivity contribution >= 4 is 28.3 Å². The first-order valence-electron chi connectivity index (χ1n) is 5.91. The van der Waals surface area contributed by atoms with Gasteiger partial charge in [0.2, 0.25) is 0 Å². The number of aromatic nitrogens is 1. The van der Waals surface area contributed by atoms with Gasteiger partial charge in [0.05, 0.1) is 0 Å². The molecule has 0 aliphatic carbocycles. The summed E-state index contributed by atoms with van der Waals surface area (Å²) in [6, 6.07) is 9.16. The normalized spacial score (nSPS) is 11.8. The Hall–Kier alpha value is -2.05. The standard InChI is InChI=1S/C15H13ClN2O/c1-3-6-10(2)17-15(19)13-9-11-7-4-5-8-12(11)14(16)18-13/h1,4-5,7-10H,6H2,2H3,(H,17,19). The number of hydrogen-bond donors (Lipinski definition) is 1. The van der Waals surface area contributed by atoms with E-state index in [0.29, 0.717) is 17.3 Å². The van der Waals surface area contributed by atoms with Crippen molar-refractivity contribution in [3.8, 4) is 12.3 Å². The van der Waals surface area contributed by atoms with Gasteiger partial charge in [-0.3, -0.25) is 4.79 Å². The van der Waals surface area contributed by atoms with Gasteiger partial charge in [-0.1, -0.05) is 35.9 Å². The number of nitrogens with zero attached hydrogens (tertiary/aromatic N) is 1. The van der Waals surface area contributed by atoms with E-state index in [1.165, 1.54) is 0 Å². The minimum atomic E-state index is -0.268. The molecule has 0 aliphatic heterocycles. The summed E-state index contributed by atoms with van der Waals surface area (Å²) < 4.78 is 0. The average molecular weight is 273 g/mol. The van der Waals surface area contributed by atoms with Crippen LogP contribution < -0.4 is 5.32 Å². The smallest absolute Gasteiger partial charge is 0.270 e. The first-order chi connectivity index (χ1) is 9.11. The maximum Gasteiger partial charge on any atom is 0.270 e. The number of fused-ring (bicyclic) bond motifs is 1. The molecule has 1 heterocycles. The third kappa shape index (κ3) is 3.04. The molecule has 0 fully saturated rings. The van der Waals surface area contributed by atoms with Crippen LogP contribution in [0.5, 0.6) is 0 Å². The van der Waals surface area contributed by atoms with Crippen molar-refractivity contribution in [2.75, 3.05) is 0 Å². The van der Waals surface area contributed by atoms with Crippen LogP contribution in [0.3, 0.4) is 0 Å². The number of terminal acetylenes is 1. The fourth-order valence-electron chi connectivity index (χ4n) is 1.80. The molecule has 1 amide bonds. The van der Waals surface area contributed by atoms with Crippen molar-refractivity contribution in [1.82, 2.24) is 10.3 Å². The number of nitrogens with one attached hydrogen (secondary N) is 1. The predicted octanol–water partition coefficient (Wildman–Crippen LogP) is 3.03. The van der Waals surface area contributed by atoms with E-state index in [1.54, 1.807) is 6.07 Å². The second-order valence-corrected chi connectivity index (χ2v) is 4.66. The van der Waals surface area contributed by atoms with Crippen LogP contribution in [0, 0.1) is 12.3 Å². The molecule has 3 nitrogen and oxygen atoms in total. The van der Waals surface area contributed by atoms with Crippen LogP contribution in [0.15, 0.2) is 30.3 Å². The minimum Gasteiger partial charge on any atom is -0.347 e. The number of hydrogen-bond acceptors (Lipinski definition) is 2. The molecule has 1 N–H and O–H groups in total. The van der Waals surface area contributed by atoms with Crippen LogP contribution in [0.2, 0.25) is 5.15 Å². The van der Waals surface area contributed by atoms with Gasteiger partial charge in [-0.05, 0) is 18.4 Å². The van der Waals surface area contributed by atoms with Gasteiger partial charge in [-0.25, -0.2) is 4.98 Å². The van der Waals surface area contributed by atoms with Gasteiger partial charge in [0.1, 0.15) is 10.8 Å². The summed E-state index contributed by atoms with van der Waals surface area (Å²) in [4.78, 5) is 16.1. The summed E-state index contributed by atoms with van der Waals surface area (Å²) in [5.74, 6) is 2.24. The third-order valence-corrected chi connectivity index (χ3v) is 3.02. The van der Waals surface area contributed by atoms with Gasteiger partial charge in [-0.2, -0.15) is 0 Å². The zero-order valence-electron chi connectivity index (χ0n) is 10.5. The summed E-state index contributed by atoms with van der Waals surface area (Å²) in [5, 5.41) is 4.83. The summed E-state index contributed by atoms with van der Waals surface area (Å²) in [6.07, 6.45) is 5.68. The monoisotopic (exact) mass is 272 g/mol. The van der Waals surface area contributed by atoms with Gasteiger partial charge in [0.15, 0.2) is 0 Å². The lowest BCUT2D eigenvalue weighted by atomic mass is 10.1. The highest BCUT2D eigenvalue weighted by molar-refractivity contribution is 6.34. The fraction of sp³-hybridized carbons (Fsp3) is 0.200. The van der Waals surface area contributed by atoms with E-state index in [4.69, 9.17) is 18.0 Å². The van der Waals surface area contributed by atoms with E-state index in [-0.39, 0.29) is 11.9 Å². The van der Waals surface area contributed by atoms with Crippen molar-refractivity contribution in [3.63, 3.8) is 0 Å². The Morgan fingerprint density at radius 3 is 3.00 bits per heavy atom. The molecule has 4 heteroatoms. The van der Waals surface area contributed by atoms with Crippen LogP contribution >= 0.6 is 11.6 Å². The van der Waals surface area contributed by atoms with Crippen LogP contribution in [0.1, 0.15) is 23.8 Å². The molecule has 2 rings (SSSR count). The number of carbonyl (C=O) groups excluding carboxylic acids is 1. The van der Waals surface area contributed by atoms with E-state index < -0.39 is 0 Å². The molecule has 1 aromatic carbocycles. The van der Waals surface area contributed by atoms with E-state index in [9.17, 15) is 4.79 Å². The number of amides is 1. The first kappa shape index (κ1) is 13.4. The molecule has 1 unspecified atom stereocenters. The number of halogens is 1. The second-order valence-electron chi connectivity index (χ2n) is 4.30. The van der Waals surface area contributed by atoms with Gasteiger partial charge in [0, 0.05) is 17.8 Å². The Morgan fingerprint density at radius 1 is 1.53 bits per heavy atom. The van der Waals surface area contributed by atoms with Gasteiger partial charge >= 0.3 is 0 Å². The topological polar surface area (TPSA) is 42.0 Å². The van der Waals surface area contributed by atoms with Crippen LogP contribution in [-0.4, -0.2) is 16.9 Å². The van der Waals surface area contributed by atoms with Crippen LogP contribution in [-0.2, 0) is 0 Å². The molecular formula is C15H13ClN2O. The lowest BCUT2D eigenvalue weighted by Gasteiger charge is -2.11. The Bertz CT molecular complexity index is 661. The maximum absolute atomic E-state index is 12.0. The molecule has 0 radical (unpaired) electrons. The SMILES string of the molecule is C#CCC(C)NC(=O)c1cc2ccccc2c(Cl)n1. The van der Waals surface area contributed by atoms with Crippen molar-refractivity contribution in [1.29, 1.82) is 0 Å². The quantitative estimate of drug-likeness (QED) is 0.689. The summed E-state index contributed by atoms with van der Waals surface area (Å²) >= 11 is 6.08. The Kier molecular flexibility index (Phi) is 4.03. The molecule has 2 aromatic rings. The number of pyridine rings is 1. The number of rotatable bonds is 3. The van der Waals surface area contributed by atoms with Gasteiger partial charge < -0.3 is 5.32 Å². The summed E-state index contributed by atoms with van der Waals surface area (Å²) in [6.45, 7) is 1.85. The van der Waals surface area contributed by atoms with E-state index >= 15 is 0 Å². The first-order valence-corrected chi connectivity index (χ1v) is 6.29. The third-order valence-electron chi connectivity index (χ3n) is 2.73. The zero-order valence-corrected chi connectivity index (χ0v) is 11.2. The highest BCUT2D eigenvalue weighted by Crippen LogP contribution is 2.22. The second kappa shape index (κ2) is 5.73. The Labute approximate surface area is 117 Å². The van der Waals surface area contributed by atoms with E-state index in [2.05, 4.69) is 16.2 Å². The Balaban J connectivity index is 2.31.